The van der Waals surface area contributed by atoms with E-state index in [0.29, 0.717) is 11.7 Å². The van der Waals surface area contributed by atoms with Crippen molar-refractivity contribution in [1.82, 2.24) is 9.97 Å². The van der Waals surface area contributed by atoms with E-state index in [2.05, 4.69) is 34.0 Å². The molecule has 0 radical (unpaired) electrons. The molecule has 0 aliphatic carbocycles. The van der Waals surface area contributed by atoms with E-state index in [4.69, 9.17) is 10.5 Å². The number of hydrogen-bond donors (Lipinski definition) is 2. The number of nitrogens with two attached hydrogens (primary N) is 1. The number of nitrogens with one attached hydrogen (secondary N) is 1. The number of rotatable bonds is 4. The molecule has 0 bridgehead atoms. The standard InChI is InChI=1S/C12H21N5O/c1-3-9(2)16-11-10(13)12(15-8-14-11)17-4-6-18-7-5-17/h8-9H,3-7,13H2,1-2H3,(H,14,15,16). The molecule has 2 heterocycles. The molecule has 1 fully saturated rings. The van der Waals surface area contributed by atoms with Crippen LogP contribution in [-0.4, -0.2) is 42.3 Å². The monoisotopic (exact) mass is 251 g/mol. The molecule has 18 heavy (non-hydrogen) atoms. The third kappa shape index (κ3) is 2.81. The molecule has 100 valence electrons. The summed E-state index contributed by atoms with van der Waals surface area (Å²) in [5.74, 6) is 1.53. The number of nitrogen functional groups attached to an aromatic ring is 1. The van der Waals surface area contributed by atoms with Gasteiger partial charge >= 0.3 is 0 Å². The van der Waals surface area contributed by atoms with E-state index in [0.717, 1.165) is 44.4 Å². The van der Waals surface area contributed by atoms with Gasteiger partial charge in [0.2, 0.25) is 0 Å². The summed E-state index contributed by atoms with van der Waals surface area (Å²) >= 11 is 0. The smallest absolute Gasteiger partial charge is 0.157 e. The fourth-order valence-corrected chi connectivity index (χ4v) is 1.86. The molecular weight excluding hydrogens is 230 g/mol. The van der Waals surface area contributed by atoms with Gasteiger partial charge in [-0.3, -0.25) is 0 Å². The first-order valence-electron chi connectivity index (χ1n) is 6.42. The van der Waals surface area contributed by atoms with Crippen LogP contribution < -0.4 is 16.0 Å². The molecule has 3 N–H and O–H groups in total. The molecule has 1 unspecified atom stereocenters. The fourth-order valence-electron chi connectivity index (χ4n) is 1.86. The number of ether oxygens (including phenoxy) is 1. The van der Waals surface area contributed by atoms with E-state index < -0.39 is 0 Å². The molecule has 1 saturated heterocycles. The van der Waals surface area contributed by atoms with Gasteiger partial charge < -0.3 is 20.7 Å². The van der Waals surface area contributed by atoms with Crippen LogP contribution in [0.5, 0.6) is 0 Å². The number of anilines is 3. The zero-order valence-corrected chi connectivity index (χ0v) is 11.0. The quantitative estimate of drug-likeness (QED) is 0.834. The van der Waals surface area contributed by atoms with Crippen molar-refractivity contribution in [3.05, 3.63) is 6.33 Å². The van der Waals surface area contributed by atoms with Gasteiger partial charge in [-0.15, -0.1) is 0 Å². The summed E-state index contributed by atoms with van der Waals surface area (Å²) in [6.45, 7) is 7.32. The van der Waals surface area contributed by atoms with Crippen LogP contribution in [0.25, 0.3) is 0 Å². The zero-order chi connectivity index (χ0) is 13.0. The van der Waals surface area contributed by atoms with Crippen molar-refractivity contribution in [3.8, 4) is 0 Å². The largest absolute Gasteiger partial charge is 0.393 e. The fraction of sp³-hybridized carbons (Fsp3) is 0.667. The third-order valence-electron chi connectivity index (χ3n) is 3.17. The maximum absolute atomic E-state index is 6.15. The summed E-state index contributed by atoms with van der Waals surface area (Å²) in [5, 5.41) is 3.31. The Morgan fingerprint density at radius 1 is 1.44 bits per heavy atom. The molecule has 2 rings (SSSR count). The number of hydrogen-bond acceptors (Lipinski definition) is 6. The number of nitrogens with zero attached hydrogens (tertiary/aromatic N) is 3. The number of aromatic nitrogens is 2. The van der Waals surface area contributed by atoms with Crippen LogP contribution in [0, 0.1) is 0 Å². The Bertz CT molecular complexity index is 392. The van der Waals surface area contributed by atoms with Crippen molar-refractivity contribution in [3.63, 3.8) is 0 Å². The van der Waals surface area contributed by atoms with E-state index >= 15 is 0 Å². The minimum atomic E-state index is 0.347. The van der Waals surface area contributed by atoms with Crippen LogP contribution >= 0.6 is 0 Å². The van der Waals surface area contributed by atoms with Gasteiger partial charge in [0, 0.05) is 19.1 Å². The van der Waals surface area contributed by atoms with Crippen molar-refractivity contribution < 1.29 is 4.74 Å². The maximum Gasteiger partial charge on any atom is 0.157 e. The molecule has 1 aromatic heterocycles. The molecule has 6 nitrogen and oxygen atoms in total. The molecular formula is C12H21N5O. The van der Waals surface area contributed by atoms with Crippen molar-refractivity contribution >= 4 is 17.3 Å². The first-order chi connectivity index (χ1) is 8.72. The second kappa shape index (κ2) is 5.86. The van der Waals surface area contributed by atoms with Crippen LogP contribution in [0.1, 0.15) is 20.3 Å². The Hall–Kier alpha value is -1.56. The van der Waals surface area contributed by atoms with Gasteiger partial charge in [0.1, 0.15) is 12.0 Å². The highest BCUT2D eigenvalue weighted by molar-refractivity contribution is 5.75. The lowest BCUT2D eigenvalue weighted by Crippen LogP contribution is -2.37. The lowest BCUT2D eigenvalue weighted by Gasteiger charge is -2.29. The molecule has 1 atom stereocenters. The van der Waals surface area contributed by atoms with Crippen LogP contribution in [0.2, 0.25) is 0 Å². The Morgan fingerprint density at radius 3 is 2.83 bits per heavy atom. The van der Waals surface area contributed by atoms with Crippen LogP contribution in [-0.2, 0) is 4.74 Å². The second-order valence-corrected chi connectivity index (χ2v) is 4.51. The summed E-state index contributed by atoms with van der Waals surface area (Å²) in [5.41, 5.74) is 6.77. The molecule has 0 amide bonds. The van der Waals surface area contributed by atoms with Gasteiger partial charge in [-0.25, -0.2) is 9.97 Å². The third-order valence-corrected chi connectivity index (χ3v) is 3.17. The van der Waals surface area contributed by atoms with E-state index in [1.165, 1.54) is 0 Å². The SMILES string of the molecule is CCC(C)Nc1ncnc(N2CCOCC2)c1N. The molecule has 1 aliphatic heterocycles. The Morgan fingerprint density at radius 2 is 2.17 bits per heavy atom. The summed E-state index contributed by atoms with van der Waals surface area (Å²) in [7, 11) is 0. The molecule has 0 saturated carbocycles. The van der Waals surface area contributed by atoms with E-state index in [1.807, 2.05) is 0 Å². The van der Waals surface area contributed by atoms with E-state index in [1.54, 1.807) is 6.33 Å². The van der Waals surface area contributed by atoms with E-state index in [-0.39, 0.29) is 0 Å². The predicted molar refractivity (Wildman–Crippen MR) is 72.9 cm³/mol. The van der Waals surface area contributed by atoms with Crippen molar-refractivity contribution in [1.29, 1.82) is 0 Å². The first kappa shape index (κ1) is 12.9. The zero-order valence-electron chi connectivity index (χ0n) is 11.0. The number of morpholine rings is 1. The molecule has 0 aromatic carbocycles. The molecule has 6 heteroatoms. The summed E-state index contributed by atoms with van der Waals surface area (Å²) in [6.07, 6.45) is 2.59. The van der Waals surface area contributed by atoms with Gasteiger partial charge in [-0.2, -0.15) is 0 Å². The minimum Gasteiger partial charge on any atom is -0.393 e. The predicted octanol–water partition coefficient (Wildman–Crippen LogP) is 1.11. The summed E-state index contributed by atoms with van der Waals surface area (Å²) in [6, 6.07) is 0.347. The maximum atomic E-state index is 6.15. The van der Waals surface area contributed by atoms with Crippen molar-refractivity contribution in [2.75, 3.05) is 42.3 Å². The highest BCUT2D eigenvalue weighted by atomic mass is 16.5. The Kier molecular flexibility index (Phi) is 4.19. The van der Waals surface area contributed by atoms with Crippen molar-refractivity contribution in [2.24, 2.45) is 0 Å². The summed E-state index contributed by atoms with van der Waals surface area (Å²) in [4.78, 5) is 10.6. The normalized spacial score (nSPS) is 17.6. The van der Waals surface area contributed by atoms with Gasteiger partial charge in [0.05, 0.1) is 13.2 Å². The lowest BCUT2D eigenvalue weighted by atomic mass is 10.2. The van der Waals surface area contributed by atoms with Gasteiger partial charge in [-0.1, -0.05) is 6.92 Å². The molecule has 1 aliphatic rings. The first-order valence-corrected chi connectivity index (χ1v) is 6.42. The minimum absolute atomic E-state index is 0.347. The van der Waals surface area contributed by atoms with Gasteiger partial charge in [0.25, 0.3) is 0 Å². The summed E-state index contributed by atoms with van der Waals surface area (Å²) < 4.78 is 5.33. The lowest BCUT2D eigenvalue weighted by molar-refractivity contribution is 0.122. The highest BCUT2D eigenvalue weighted by Crippen LogP contribution is 2.27. The Labute approximate surface area is 108 Å². The van der Waals surface area contributed by atoms with Gasteiger partial charge in [-0.05, 0) is 13.3 Å². The van der Waals surface area contributed by atoms with Crippen molar-refractivity contribution in [2.45, 2.75) is 26.3 Å². The van der Waals surface area contributed by atoms with Crippen LogP contribution in [0.4, 0.5) is 17.3 Å². The van der Waals surface area contributed by atoms with E-state index in [9.17, 15) is 0 Å². The van der Waals surface area contributed by atoms with Crippen LogP contribution in [0.15, 0.2) is 6.33 Å². The average Bonchev–Trinajstić information content (AvgIpc) is 2.42. The van der Waals surface area contributed by atoms with Gasteiger partial charge in [0.15, 0.2) is 11.6 Å². The van der Waals surface area contributed by atoms with Crippen LogP contribution in [0.3, 0.4) is 0 Å². The molecule has 1 aromatic rings. The highest BCUT2D eigenvalue weighted by Gasteiger charge is 2.18. The topological polar surface area (TPSA) is 76.3 Å². The Balaban J connectivity index is 2.18. The molecule has 0 spiro atoms. The average molecular weight is 251 g/mol. The second-order valence-electron chi connectivity index (χ2n) is 4.51.